The van der Waals surface area contributed by atoms with Crippen molar-refractivity contribution in [2.75, 3.05) is 13.2 Å². The molecule has 1 heterocycles. The van der Waals surface area contributed by atoms with Crippen LogP contribution in [-0.4, -0.2) is 44.9 Å². The van der Waals surface area contributed by atoms with Crippen LogP contribution in [0.3, 0.4) is 0 Å². The zero-order valence-electron chi connectivity index (χ0n) is 13.7. The number of aromatic nitrogens is 2. The molecule has 5 nitrogen and oxygen atoms in total. The monoisotopic (exact) mass is 347 g/mol. The van der Waals surface area contributed by atoms with E-state index in [1.54, 1.807) is 4.90 Å². The Kier molecular flexibility index (Phi) is 4.03. The van der Waals surface area contributed by atoms with Crippen molar-refractivity contribution in [3.8, 4) is 5.69 Å². The Hall–Kier alpha value is -2.28. The van der Waals surface area contributed by atoms with Crippen LogP contribution in [-0.2, 0) is 12.8 Å². The van der Waals surface area contributed by atoms with Crippen molar-refractivity contribution in [3.63, 3.8) is 0 Å². The summed E-state index contributed by atoms with van der Waals surface area (Å²) in [5.41, 5.74) is 2.33. The van der Waals surface area contributed by atoms with Crippen molar-refractivity contribution in [2.24, 2.45) is 0 Å². The summed E-state index contributed by atoms with van der Waals surface area (Å²) in [7, 11) is 0. The van der Waals surface area contributed by atoms with Crippen LogP contribution in [0.2, 0.25) is 0 Å². The quantitative estimate of drug-likeness (QED) is 0.902. The highest BCUT2D eigenvalue weighted by Crippen LogP contribution is 2.32. The second-order valence-electron chi connectivity index (χ2n) is 6.62. The van der Waals surface area contributed by atoms with Gasteiger partial charge in [0, 0.05) is 29.9 Å². The number of aliphatic hydroxyl groups is 1. The SMILES string of the molecule is O=C(c1nn(-c2cc(F)cc(F)c2)c2c1CCC2)N(CCO)C1CC1. The summed E-state index contributed by atoms with van der Waals surface area (Å²) in [6.07, 6.45) is 4.20. The van der Waals surface area contributed by atoms with E-state index in [9.17, 15) is 18.7 Å². The molecule has 0 aliphatic heterocycles. The average Bonchev–Trinajstić information content (AvgIpc) is 3.16. The summed E-state index contributed by atoms with van der Waals surface area (Å²) in [4.78, 5) is 14.6. The molecule has 1 fully saturated rings. The highest BCUT2D eigenvalue weighted by Gasteiger charge is 2.36. The number of nitrogens with zero attached hydrogens (tertiary/aromatic N) is 3. The second-order valence-corrected chi connectivity index (χ2v) is 6.62. The molecule has 7 heteroatoms. The van der Waals surface area contributed by atoms with Gasteiger partial charge in [-0.3, -0.25) is 4.79 Å². The Morgan fingerprint density at radius 1 is 1.24 bits per heavy atom. The molecule has 1 amide bonds. The maximum Gasteiger partial charge on any atom is 0.274 e. The van der Waals surface area contributed by atoms with Crippen molar-refractivity contribution in [3.05, 3.63) is 46.8 Å². The summed E-state index contributed by atoms with van der Waals surface area (Å²) in [5, 5.41) is 13.7. The lowest BCUT2D eigenvalue weighted by molar-refractivity contribution is 0.0700. The fourth-order valence-electron chi connectivity index (χ4n) is 3.56. The van der Waals surface area contributed by atoms with E-state index < -0.39 is 11.6 Å². The van der Waals surface area contributed by atoms with Gasteiger partial charge < -0.3 is 10.0 Å². The van der Waals surface area contributed by atoms with Crippen molar-refractivity contribution < 1.29 is 18.7 Å². The van der Waals surface area contributed by atoms with E-state index in [0.29, 0.717) is 5.69 Å². The number of carbonyl (C=O) groups excluding carboxylic acids is 1. The van der Waals surface area contributed by atoms with Gasteiger partial charge in [0.1, 0.15) is 11.6 Å². The highest BCUT2D eigenvalue weighted by atomic mass is 19.1. The minimum atomic E-state index is -0.676. The topological polar surface area (TPSA) is 58.4 Å². The average molecular weight is 347 g/mol. The maximum atomic E-state index is 13.6. The Morgan fingerprint density at radius 3 is 2.60 bits per heavy atom. The number of hydrogen-bond donors (Lipinski definition) is 1. The first kappa shape index (κ1) is 16.2. The third-order valence-electron chi connectivity index (χ3n) is 4.81. The second kappa shape index (κ2) is 6.22. The molecule has 2 aliphatic rings. The Bertz CT molecular complexity index is 810. The first-order chi connectivity index (χ1) is 12.1. The molecule has 0 saturated heterocycles. The van der Waals surface area contributed by atoms with Crippen LogP contribution in [0.5, 0.6) is 0 Å². The molecule has 1 aromatic heterocycles. The summed E-state index contributed by atoms with van der Waals surface area (Å²) in [5.74, 6) is -1.56. The third-order valence-corrected chi connectivity index (χ3v) is 4.81. The first-order valence-electron chi connectivity index (χ1n) is 8.57. The zero-order valence-corrected chi connectivity index (χ0v) is 13.7. The lowest BCUT2D eigenvalue weighted by Crippen LogP contribution is -2.36. The summed E-state index contributed by atoms with van der Waals surface area (Å²) in [6, 6.07) is 3.41. The van der Waals surface area contributed by atoms with Gasteiger partial charge in [-0.1, -0.05) is 0 Å². The van der Waals surface area contributed by atoms with Crippen LogP contribution in [0, 0.1) is 11.6 Å². The van der Waals surface area contributed by atoms with Gasteiger partial charge in [0.15, 0.2) is 5.69 Å². The van der Waals surface area contributed by atoms with E-state index in [1.807, 2.05) is 0 Å². The van der Waals surface area contributed by atoms with Crippen LogP contribution in [0.1, 0.15) is 41.0 Å². The van der Waals surface area contributed by atoms with Crippen LogP contribution in [0.25, 0.3) is 5.69 Å². The standard InChI is InChI=1S/C18H19F2N3O2/c19-11-8-12(20)10-14(9-11)23-16-3-1-2-15(16)17(21-23)18(25)22(6-7-24)13-4-5-13/h8-10,13,24H,1-7H2. The highest BCUT2D eigenvalue weighted by molar-refractivity contribution is 5.94. The molecular weight excluding hydrogens is 328 g/mol. The van der Waals surface area contributed by atoms with Gasteiger partial charge in [-0.25, -0.2) is 13.5 Å². The number of hydrogen-bond acceptors (Lipinski definition) is 3. The number of aliphatic hydroxyl groups excluding tert-OH is 1. The molecule has 1 saturated carbocycles. The third kappa shape index (κ3) is 2.93. The Morgan fingerprint density at radius 2 is 1.96 bits per heavy atom. The molecule has 4 rings (SSSR count). The summed E-state index contributed by atoms with van der Waals surface area (Å²) in [6.45, 7) is 0.181. The van der Waals surface area contributed by atoms with E-state index in [4.69, 9.17) is 0 Å². The molecule has 0 atom stereocenters. The van der Waals surface area contributed by atoms with Gasteiger partial charge in [-0.15, -0.1) is 0 Å². The van der Waals surface area contributed by atoms with E-state index in [1.165, 1.54) is 16.8 Å². The van der Waals surface area contributed by atoms with Crippen molar-refractivity contribution in [1.82, 2.24) is 14.7 Å². The van der Waals surface area contributed by atoms with Crippen molar-refractivity contribution >= 4 is 5.91 Å². The molecule has 0 bridgehead atoms. The predicted molar refractivity (Wildman–Crippen MR) is 86.6 cm³/mol. The zero-order chi connectivity index (χ0) is 17.6. The summed E-state index contributed by atoms with van der Waals surface area (Å²) >= 11 is 0. The molecule has 1 N–H and O–H groups in total. The minimum Gasteiger partial charge on any atom is -0.395 e. The van der Waals surface area contributed by atoms with E-state index in [0.717, 1.165) is 49.4 Å². The van der Waals surface area contributed by atoms with Gasteiger partial charge >= 0.3 is 0 Å². The van der Waals surface area contributed by atoms with Gasteiger partial charge in [0.2, 0.25) is 0 Å². The molecule has 2 aliphatic carbocycles. The van der Waals surface area contributed by atoms with Crippen LogP contribution in [0.4, 0.5) is 8.78 Å². The van der Waals surface area contributed by atoms with Crippen LogP contribution >= 0.6 is 0 Å². The fourth-order valence-corrected chi connectivity index (χ4v) is 3.56. The van der Waals surface area contributed by atoms with Gasteiger partial charge in [-0.2, -0.15) is 5.10 Å². The molecule has 132 valence electrons. The number of fused-ring (bicyclic) bond motifs is 1. The number of carbonyl (C=O) groups is 1. The number of rotatable bonds is 5. The number of benzene rings is 1. The van der Waals surface area contributed by atoms with Crippen LogP contribution in [0.15, 0.2) is 18.2 Å². The molecule has 0 spiro atoms. The van der Waals surface area contributed by atoms with Gasteiger partial charge in [-0.05, 0) is 44.2 Å². The van der Waals surface area contributed by atoms with Gasteiger partial charge in [0.05, 0.1) is 12.3 Å². The Labute approximate surface area is 143 Å². The molecule has 25 heavy (non-hydrogen) atoms. The smallest absolute Gasteiger partial charge is 0.274 e. The summed E-state index contributed by atoms with van der Waals surface area (Å²) < 4.78 is 28.7. The maximum absolute atomic E-state index is 13.6. The number of amides is 1. The van der Waals surface area contributed by atoms with E-state index >= 15 is 0 Å². The number of halogens is 2. The van der Waals surface area contributed by atoms with Crippen molar-refractivity contribution in [1.29, 1.82) is 0 Å². The van der Waals surface area contributed by atoms with Crippen LogP contribution < -0.4 is 0 Å². The van der Waals surface area contributed by atoms with Crippen molar-refractivity contribution in [2.45, 2.75) is 38.1 Å². The lowest BCUT2D eigenvalue weighted by atomic mass is 10.2. The Balaban J connectivity index is 1.76. The fraction of sp³-hybridized carbons (Fsp3) is 0.444. The molecule has 0 radical (unpaired) electrons. The molecule has 0 unspecified atom stereocenters. The first-order valence-corrected chi connectivity index (χ1v) is 8.57. The molecule has 1 aromatic carbocycles. The van der Waals surface area contributed by atoms with E-state index in [-0.39, 0.29) is 30.8 Å². The largest absolute Gasteiger partial charge is 0.395 e. The molecular formula is C18H19F2N3O2. The predicted octanol–water partition coefficient (Wildman–Crippen LogP) is 2.24. The minimum absolute atomic E-state index is 0.0970. The van der Waals surface area contributed by atoms with Gasteiger partial charge in [0.25, 0.3) is 5.91 Å². The molecule has 2 aromatic rings. The normalized spacial score (nSPS) is 16.1. The lowest BCUT2D eigenvalue weighted by Gasteiger charge is -2.20. The van der Waals surface area contributed by atoms with E-state index in [2.05, 4.69) is 5.10 Å².